The zero-order valence-corrected chi connectivity index (χ0v) is 19.1. The van der Waals surface area contributed by atoms with Gasteiger partial charge < -0.3 is 14.2 Å². The molecule has 178 valence electrons. The summed E-state index contributed by atoms with van der Waals surface area (Å²) in [5.74, 6) is -0.0397. The Bertz CT molecular complexity index is 1110. The first-order valence-corrected chi connectivity index (χ1v) is 12.2. The molecule has 9 nitrogen and oxygen atoms in total. The molecule has 2 aromatic rings. The molecule has 1 saturated carbocycles. The van der Waals surface area contributed by atoms with Crippen LogP contribution in [0, 0.1) is 0 Å². The Kier molecular flexibility index (Phi) is 5.36. The van der Waals surface area contributed by atoms with Gasteiger partial charge in [-0.1, -0.05) is 6.42 Å². The first-order valence-electron chi connectivity index (χ1n) is 12.2. The van der Waals surface area contributed by atoms with Crippen molar-refractivity contribution in [2.45, 2.75) is 69.3 Å². The van der Waals surface area contributed by atoms with Gasteiger partial charge in [0.05, 0.1) is 12.4 Å². The summed E-state index contributed by atoms with van der Waals surface area (Å²) >= 11 is 0. The number of ether oxygens (including phenoxy) is 1. The predicted octanol–water partition coefficient (Wildman–Crippen LogP) is 1.89. The second-order valence-electron chi connectivity index (χ2n) is 9.84. The summed E-state index contributed by atoms with van der Waals surface area (Å²) < 4.78 is 8.69. The van der Waals surface area contributed by atoms with E-state index in [0.29, 0.717) is 30.6 Å². The lowest BCUT2D eigenvalue weighted by atomic mass is 9.88. The molecule has 1 aliphatic carbocycles. The van der Waals surface area contributed by atoms with E-state index >= 15 is 0 Å². The van der Waals surface area contributed by atoms with E-state index in [1.165, 1.54) is 6.42 Å². The number of benzene rings is 1. The van der Waals surface area contributed by atoms with Crippen molar-refractivity contribution in [3.05, 3.63) is 48.0 Å². The van der Waals surface area contributed by atoms with Gasteiger partial charge >= 0.3 is 0 Å². The number of imidazole rings is 1. The summed E-state index contributed by atoms with van der Waals surface area (Å²) in [6.07, 6.45) is 11.0. The third kappa shape index (κ3) is 3.77. The van der Waals surface area contributed by atoms with Gasteiger partial charge in [0.1, 0.15) is 17.9 Å². The Morgan fingerprint density at radius 2 is 1.91 bits per heavy atom. The van der Waals surface area contributed by atoms with Crippen LogP contribution in [0.5, 0.6) is 5.75 Å². The molecule has 1 aromatic heterocycles. The monoisotopic (exact) mass is 463 g/mol. The van der Waals surface area contributed by atoms with Crippen molar-refractivity contribution in [3.63, 3.8) is 0 Å². The van der Waals surface area contributed by atoms with Crippen molar-refractivity contribution in [2.24, 2.45) is 0 Å². The SMILES string of the molecule is O=C1CCC(N2Cc3cc(O[C@@H]4CCCC[C@H]4N4CC(n5ccnc5)C4)ccc3C2=O)C(=O)N1. The van der Waals surface area contributed by atoms with E-state index in [4.69, 9.17) is 4.74 Å². The first-order chi connectivity index (χ1) is 16.6. The minimum Gasteiger partial charge on any atom is -0.489 e. The van der Waals surface area contributed by atoms with Crippen LogP contribution in [0.25, 0.3) is 0 Å². The number of amides is 3. The zero-order chi connectivity index (χ0) is 23.2. The Morgan fingerprint density at radius 1 is 1.06 bits per heavy atom. The van der Waals surface area contributed by atoms with Gasteiger partial charge in [-0.15, -0.1) is 0 Å². The van der Waals surface area contributed by atoms with Gasteiger partial charge in [-0.3, -0.25) is 24.6 Å². The molecule has 1 aromatic carbocycles. The molecule has 0 spiro atoms. The van der Waals surface area contributed by atoms with Crippen molar-refractivity contribution in [1.29, 1.82) is 0 Å². The van der Waals surface area contributed by atoms with Crippen LogP contribution in [-0.4, -0.2) is 68.3 Å². The summed E-state index contributed by atoms with van der Waals surface area (Å²) in [6, 6.07) is 5.92. The lowest BCUT2D eigenvalue weighted by Gasteiger charge is -2.48. The van der Waals surface area contributed by atoms with Crippen molar-refractivity contribution < 1.29 is 19.1 Å². The quantitative estimate of drug-likeness (QED) is 0.681. The Balaban J connectivity index is 1.13. The van der Waals surface area contributed by atoms with Crippen LogP contribution in [-0.2, 0) is 16.1 Å². The van der Waals surface area contributed by atoms with Gasteiger partial charge in [0.2, 0.25) is 11.8 Å². The summed E-state index contributed by atoms with van der Waals surface area (Å²) in [7, 11) is 0. The minimum absolute atomic E-state index is 0.124. The van der Waals surface area contributed by atoms with Crippen LogP contribution in [0.3, 0.4) is 0 Å². The largest absolute Gasteiger partial charge is 0.489 e. The standard InChI is InChI=1S/C25H29N5O4/c31-23-8-7-21(24(32)27-23)30-12-16-11-18(5-6-19(16)25(30)33)34-22-4-2-1-3-20(22)29-13-17(14-29)28-10-9-26-15-28/h5-6,9-11,15,17,20-22H,1-4,7-8,12-14H2,(H,27,31,32)/t20-,21?,22-/m1/s1. The fraction of sp³-hybridized carbons (Fsp3) is 0.520. The maximum atomic E-state index is 12.9. The van der Waals surface area contributed by atoms with Gasteiger partial charge in [-0.25, -0.2) is 4.98 Å². The van der Waals surface area contributed by atoms with E-state index in [-0.39, 0.29) is 30.2 Å². The van der Waals surface area contributed by atoms with Crippen molar-refractivity contribution in [1.82, 2.24) is 24.7 Å². The smallest absolute Gasteiger partial charge is 0.255 e. The highest BCUT2D eigenvalue weighted by Gasteiger charge is 2.41. The molecule has 6 rings (SSSR count). The molecule has 3 fully saturated rings. The summed E-state index contributed by atoms with van der Waals surface area (Å²) in [5.41, 5.74) is 1.49. The minimum atomic E-state index is -0.598. The van der Waals surface area contributed by atoms with E-state index in [9.17, 15) is 14.4 Å². The number of hydrogen-bond acceptors (Lipinski definition) is 6. The number of carbonyl (C=O) groups is 3. The van der Waals surface area contributed by atoms with E-state index in [0.717, 1.165) is 43.7 Å². The molecule has 4 heterocycles. The molecule has 9 heteroatoms. The number of hydrogen-bond donors (Lipinski definition) is 1. The van der Waals surface area contributed by atoms with Gasteiger partial charge in [-0.2, -0.15) is 0 Å². The molecule has 0 bridgehead atoms. The van der Waals surface area contributed by atoms with Crippen molar-refractivity contribution in [3.8, 4) is 5.75 Å². The molecule has 0 radical (unpaired) electrons. The van der Waals surface area contributed by atoms with E-state index < -0.39 is 6.04 Å². The van der Waals surface area contributed by atoms with Crippen LogP contribution in [0.1, 0.15) is 60.5 Å². The van der Waals surface area contributed by atoms with E-state index in [1.54, 1.807) is 4.90 Å². The van der Waals surface area contributed by atoms with Gasteiger partial charge in [0.25, 0.3) is 5.91 Å². The fourth-order valence-electron chi connectivity index (χ4n) is 5.86. The Hall–Kier alpha value is -3.20. The van der Waals surface area contributed by atoms with E-state index in [2.05, 4.69) is 19.8 Å². The number of piperidine rings is 1. The molecular weight excluding hydrogens is 434 g/mol. The highest BCUT2D eigenvalue weighted by atomic mass is 16.5. The summed E-state index contributed by atoms with van der Waals surface area (Å²) in [6.45, 7) is 2.39. The number of aromatic nitrogens is 2. The Morgan fingerprint density at radius 3 is 2.71 bits per heavy atom. The van der Waals surface area contributed by atoms with Crippen LogP contribution >= 0.6 is 0 Å². The van der Waals surface area contributed by atoms with Gasteiger partial charge in [0, 0.05) is 50.1 Å². The molecule has 3 aliphatic heterocycles. The van der Waals surface area contributed by atoms with Gasteiger partial charge in [-0.05, 0) is 49.4 Å². The van der Waals surface area contributed by atoms with E-state index in [1.807, 2.05) is 36.9 Å². The average Bonchev–Trinajstić information content (AvgIpc) is 3.42. The second-order valence-corrected chi connectivity index (χ2v) is 9.84. The lowest BCUT2D eigenvalue weighted by Crippen LogP contribution is -2.58. The lowest BCUT2D eigenvalue weighted by molar-refractivity contribution is -0.136. The van der Waals surface area contributed by atoms with Crippen LogP contribution in [0.15, 0.2) is 36.9 Å². The number of fused-ring (bicyclic) bond motifs is 1. The fourth-order valence-corrected chi connectivity index (χ4v) is 5.86. The summed E-state index contributed by atoms with van der Waals surface area (Å²) in [4.78, 5) is 45.0. The number of likely N-dealkylation sites (tertiary alicyclic amines) is 1. The number of nitrogens with zero attached hydrogens (tertiary/aromatic N) is 4. The molecule has 1 unspecified atom stereocenters. The third-order valence-electron chi connectivity index (χ3n) is 7.76. The predicted molar refractivity (Wildman–Crippen MR) is 122 cm³/mol. The van der Waals surface area contributed by atoms with Gasteiger partial charge in [0.15, 0.2) is 0 Å². The third-order valence-corrected chi connectivity index (χ3v) is 7.76. The highest BCUT2D eigenvalue weighted by Crippen LogP contribution is 2.35. The van der Waals surface area contributed by atoms with Crippen molar-refractivity contribution >= 4 is 17.7 Å². The second kappa shape index (κ2) is 8.54. The molecule has 1 N–H and O–H groups in total. The molecule has 34 heavy (non-hydrogen) atoms. The summed E-state index contributed by atoms with van der Waals surface area (Å²) in [5, 5.41) is 2.35. The molecule has 2 saturated heterocycles. The van der Waals surface area contributed by atoms with Crippen LogP contribution in [0.4, 0.5) is 0 Å². The topological polar surface area (TPSA) is 96.8 Å². The number of rotatable bonds is 5. The van der Waals surface area contributed by atoms with Crippen LogP contribution in [0.2, 0.25) is 0 Å². The first kappa shape index (κ1) is 21.3. The Labute approximate surface area is 198 Å². The zero-order valence-electron chi connectivity index (χ0n) is 19.1. The average molecular weight is 464 g/mol. The molecule has 3 atom stereocenters. The highest BCUT2D eigenvalue weighted by molar-refractivity contribution is 6.05. The maximum absolute atomic E-state index is 12.9. The normalized spacial score (nSPS) is 27.9. The number of imide groups is 1. The molecule has 3 amide bonds. The van der Waals surface area contributed by atoms with Crippen LogP contribution < -0.4 is 10.1 Å². The van der Waals surface area contributed by atoms with Crippen molar-refractivity contribution in [2.75, 3.05) is 13.1 Å². The number of carbonyl (C=O) groups excluding carboxylic acids is 3. The maximum Gasteiger partial charge on any atom is 0.255 e. The molecular formula is C25H29N5O4. The number of nitrogens with one attached hydrogen (secondary N) is 1. The molecule has 4 aliphatic rings.